The van der Waals surface area contributed by atoms with E-state index in [1.165, 1.54) is 38.0 Å². The van der Waals surface area contributed by atoms with E-state index < -0.39 is 0 Å². The fourth-order valence-corrected chi connectivity index (χ4v) is 2.77. The van der Waals surface area contributed by atoms with Crippen molar-refractivity contribution in [1.82, 2.24) is 9.55 Å². The maximum Gasteiger partial charge on any atom is 0.207 e. The van der Waals surface area contributed by atoms with Crippen molar-refractivity contribution in [2.24, 2.45) is 7.05 Å². The van der Waals surface area contributed by atoms with Gasteiger partial charge in [0.05, 0.1) is 5.69 Å². The molecule has 1 aromatic heterocycles. The van der Waals surface area contributed by atoms with Crippen molar-refractivity contribution in [3.8, 4) is 0 Å². The number of anilines is 3. The molecule has 1 fully saturated rings. The molecule has 3 rings (SSSR count). The van der Waals surface area contributed by atoms with Gasteiger partial charge in [-0.1, -0.05) is 0 Å². The Labute approximate surface area is 120 Å². The van der Waals surface area contributed by atoms with Crippen molar-refractivity contribution in [2.75, 3.05) is 23.3 Å². The van der Waals surface area contributed by atoms with Crippen molar-refractivity contribution in [3.63, 3.8) is 0 Å². The second-order valence-corrected chi connectivity index (χ2v) is 5.54. The van der Waals surface area contributed by atoms with Crippen LogP contribution in [-0.4, -0.2) is 22.6 Å². The van der Waals surface area contributed by atoms with Gasteiger partial charge in [0.2, 0.25) is 5.95 Å². The van der Waals surface area contributed by atoms with E-state index in [1.807, 2.05) is 24.7 Å². The van der Waals surface area contributed by atoms with Gasteiger partial charge < -0.3 is 14.8 Å². The Morgan fingerprint density at radius 3 is 2.35 bits per heavy atom. The van der Waals surface area contributed by atoms with Gasteiger partial charge in [-0.05, 0) is 50.5 Å². The SMILES string of the molecule is Cc1cn(C)c(Nc2ccc(N3CCCCC3)cc2)n1. The van der Waals surface area contributed by atoms with Gasteiger partial charge in [-0.2, -0.15) is 0 Å². The quantitative estimate of drug-likeness (QED) is 0.927. The van der Waals surface area contributed by atoms with Gasteiger partial charge in [-0.25, -0.2) is 4.98 Å². The first kappa shape index (κ1) is 13.0. The molecule has 2 aromatic rings. The lowest BCUT2D eigenvalue weighted by Crippen LogP contribution is -2.29. The lowest BCUT2D eigenvalue weighted by molar-refractivity contribution is 0.578. The third-order valence-electron chi connectivity index (χ3n) is 3.84. The standard InChI is InChI=1S/C16H22N4/c1-13-12-19(2)16(17-13)18-14-6-8-15(9-7-14)20-10-4-3-5-11-20/h6-9,12H,3-5,10-11H2,1-2H3,(H,17,18). The molecule has 4 nitrogen and oxygen atoms in total. The van der Waals surface area contributed by atoms with Crippen LogP contribution in [0.15, 0.2) is 30.5 Å². The molecule has 1 aromatic carbocycles. The summed E-state index contributed by atoms with van der Waals surface area (Å²) in [6.07, 6.45) is 6.01. The minimum atomic E-state index is 0.883. The van der Waals surface area contributed by atoms with Crippen LogP contribution in [0, 0.1) is 6.92 Å². The summed E-state index contributed by atoms with van der Waals surface area (Å²) in [4.78, 5) is 6.93. The Kier molecular flexibility index (Phi) is 3.63. The number of benzene rings is 1. The maximum absolute atomic E-state index is 4.46. The van der Waals surface area contributed by atoms with E-state index in [0.717, 1.165) is 17.3 Å². The van der Waals surface area contributed by atoms with Gasteiger partial charge in [0, 0.05) is 37.7 Å². The van der Waals surface area contributed by atoms with Crippen molar-refractivity contribution < 1.29 is 0 Å². The Bertz CT molecular complexity index is 565. The van der Waals surface area contributed by atoms with E-state index in [0.29, 0.717) is 0 Å². The number of nitrogens with zero attached hydrogens (tertiary/aromatic N) is 3. The first-order valence-electron chi connectivity index (χ1n) is 7.34. The summed E-state index contributed by atoms with van der Waals surface area (Å²) < 4.78 is 2.01. The van der Waals surface area contributed by atoms with E-state index in [4.69, 9.17) is 0 Å². The number of piperidine rings is 1. The van der Waals surface area contributed by atoms with Crippen LogP contribution in [-0.2, 0) is 7.05 Å². The molecule has 0 spiro atoms. The predicted octanol–water partition coefficient (Wildman–Crippen LogP) is 3.46. The highest BCUT2D eigenvalue weighted by Gasteiger charge is 2.10. The van der Waals surface area contributed by atoms with Gasteiger partial charge in [0.15, 0.2) is 0 Å². The molecule has 4 heteroatoms. The van der Waals surface area contributed by atoms with Crippen molar-refractivity contribution in [3.05, 3.63) is 36.2 Å². The fourth-order valence-electron chi connectivity index (χ4n) is 2.77. The van der Waals surface area contributed by atoms with Crippen molar-refractivity contribution in [1.29, 1.82) is 0 Å². The summed E-state index contributed by atoms with van der Waals surface area (Å²) in [6, 6.07) is 8.66. The van der Waals surface area contributed by atoms with Crippen LogP contribution in [0.2, 0.25) is 0 Å². The van der Waals surface area contributed by atoms with E-state index >= 15 is 0 Å². The normalized spacial score (nSPS) is 15.4. The molecule has 0 unspecified atom stereocenters. The number of aromatic nitrogens is 2. The van der Waals surface area contributed by atoms with E-state index in [1.54, 1.807) is 0 Å². The minimum absolute atomic E-state index is 0.883. The lowest BCUT2D eigenvalue weighted by Gasteiger charge is -2.28. The van der Waals surface area contributed by atoms with E-state index in [9.17, 15) is 0 Å². The van der Waals surface area contributed by atoms with Crippen LogP contribution >= 0.6 is 0 Å². The molecule has 1 aliphatic rings. The number of rotatable bonds is 3. The zero-order valence-electron chi connectivity index (χ0n) is 12.3. The third kappa shape index (κ3) is 2.79. The number of hydrogen-bond acceptors (Lipinski definition) is 3. The smallest absolute Gasteiger partial charge is 0.207 e. The summed E-state index contributed by atoms with van der Waals surface area (Å²) in [6.45, 7) is 4.38. The predicted molar refractivity (Wildman–Crippen MR) is 83.7 cm³/mol. The molecular weight excluding hydrogens is 248 g/mol. The van der Waals surface area contributed by atoms with Crippen LogP contribution in [0.5, 0.6) is 0 Å². The van der Waals surface area contributed by atoms with Gasteiger partial charge >= 0.3 is 0 Å². The molecular formula is C16H22N4. The molecule has 1 N–H and O–H groups in total. The number of imidazole rings is 1. The number of hydrogen-bond donors (Lipinski definition) is 1. The highest BCUT2D eigenvalue weighted by Crippen LogP contribution is 2.23. The van der Waals surface area contributed by atoms with Gasteiger partial charge in [-0.15, -0.1) is 0 Å². The second kappa shape index (κ2) is 5.57. The first-order valence-corrected chi connectivity index (χ1v) is 7.34. The molecule has 0 saturated carbocycles. The molecule has 20 heavy (non-hydrogen) atoms. The van der Waals surface area contributed by atoms with Crippen LogP contribution in [0.25, 0.3) is 0 Å². The average molecular weight is 270 g/mol. The molecule has 0 atom stereocenters. The Morgan fingerprint density at radius 1 is 1.05 bits per heavy atom. The molecule has 2 heterocycles. The fraction of sp³-hybridized carbons (Fsp3) is 0.438. The summed E-state index contributed by atoms with van der Waals surface area (Å²) in [5.74, 6) is 0.883. The van der Waals surface area contributed by atoms with Gasteiger partial charge in [0.25, 0.3) is 0 Å². The zero-order chi connectivity index (χ0) is 13.9. The summed E-state index contributed by atoms with van der Waals surface area (Å²) in [5.41, 5.74) is 3.44. The first-order chi connectivity index (χ1) is 9.72. The summed E-state index contributed by atoms with van der Waals surface area (Å²) in [5, 5.41) is 3.36. The van der Waals surface area contributed by atoms with Crippen LogP contribution in [0.3, 0.4) is 0 Å². The monoisotopic (exact) mass is 270 g/mol. The maximum atomic E-state index is 4.46. The highest BCUT2D eigenvalue weighted by molar-refractivity contribution is 5.59. The lowest BCUT2D eigenvalue weighted by atomic mass is 10.1. The van der Waals surface area contributed by atoms with E-state index in [-0.39, 0.29) is 0 Å². The molecule has 106 valence electrons. The van der Waals surface area contributed by atoms with Gasteiger partial charge in [0.1, 0.15) is 0 Å². The van der Waals surface area contributed by atoms with Crippen molar-refractivity contribution >= 4 is 17.3 Å². The zero-order valence-corrected chi connectivity index (χ0v) is 12.3. The highest BCUT2D eigenvalue weighted by atomic mass is 15.2. The molecule has 1 aliphatic heterocycles. The minimum Gasteiger partial charge on any atom is -0.372 e. The Hall–Kier alpha value is -1.97. The molecule has 0 radical (unpaired) electrons. The Morgan fingerprint density at radius 2 is 1.75 bits per heavy atom. The van der Waals surface area contributed by atoms with Gasteiger partial charge in [-0.3, -0.25) is 0 Å². The van der Waals surface area contributed by atoms with E-state index in [2.05, 4.69) is 39.5 Å². The second-order valence-electron chi connectivity index (χ2n) is 5.54. The number of aryl methyl sites for hydroxylation is 2. The third-order valence-corrected chi connectivity index (χ3v) is 3.84. The largest absolute Gasteiger partial charge is 0.372 e. The molecule has 0 aliphatic carbocycles. The summed E-state index contributed by atoms with van der Waals surface area (Å²) >= 11 is 0. The molecule has 0 bridgehead atoms. The van der Waals surface area contributed by atoms with Crippen molar-refractivity contribution in [2.45, 2.75) is 26.2 Å². The molecule has 1 saturated heterocycles. The van der Waals surface area contributed by atoms with Crippen LogP contribution in [0.1, 0.15) is 25.0 Å². The summed E-state index contributed by atoms with van der Waals surface area (Å²) in [7, 11) is 2.00. The molecule has 0 amide bonds. The van der Waals surface area contributed by atoms with Crippen LogP contribution in [0.4, 0.5) is 17.3 Å². The Balaban J connectivity index is 1.71. The topological polar surface area (TPSA) is 33.1 Å². The average Bonchev–Trinajstić information content (AvgIpc) is 2.79. The van der Waals surface area contributed by atoms with Crippen LogP contribution < -0.4 is 10.2 Å². The number of nitrogens with one attached hydrogen (secondary N) is 1.